The third kappa shape index (κ3) is 8.38. The molecule has 1 aliphatic rings. The van der Waals surface area contributed by atoms with Gasteiger partial charge in [0.05, 0.1) is 27.7 Å². The minimum atomic E-state index is -6.30. The SMILES string of the molecule is C[N+](C)(C)CC1CO1.O=C(NS(=O)(=O)C(F)(F)F)C(F)(F)F. The predicted molar refractivity (Wildman–Crippen MR) is 61.8 cm³/mol. The molecule has 0 spiro atoms. The number of quaternary nitrogens is 1. The number of hydrogen-bond acceptors (Lipinski definition) is 4. The average molecular weight is 361 g/mol. The number of nitrogens with zero attached hydrogens (tertiary/aromatic N) is 1. The van der Waals surface area contributed by atoms with Crippen LogP contribution in [0.25, 0.3) is 0 Å². The summed E-state index contributed by atoms with van der Waals surface area (Å²) in [6.07, 6.45) is -5.13. The summed E-state index contributed by atoms with van der Waals surface area (Å²) in [5.74, 6) is -3.20. The lowest BCUT2D eigenvalue weighted by Gasteiger charge is -2.22. The van der Waals surface area contributed by atoms with E-state index in [1.54, 1.807) is 0 Å². The van der Waals surface area contributed by atoms with E-state index in [4.69, 9.17) is 4.74 Å². The Morgan fingerprint density at radius 1 is 1.18 bits per heavy atom. The molecule has 1 rings (SSSR count). The maximum Gasteiger partial charge on any atom is 0.516 e. The Kier molecular flexibility index (Phi) is 6.26. The topological polar surface area (TPSA) is 75.8 Å². The van der Waals surface area contributed by atoms with Crippen LogP contribution in [0.1, 0.15) is 0 Å². The predicted octanol–water partition coefficient (Wildman–Crippen LogP) is 0.606. The summed E-state index contributed by atoms with van der Waals surface area (Å²) in [4.78, 5) is 9.81. The second-order valence-electron chi connectivity index (χ2n) is 5.31. The number of rotatable bonds is 3. The highest BCUT2D eigenvalue weighted by molar-refractivity contribution is 7.90. The number of likely N-dealkylation sites (N-methyl/N-ethyl adjacent to an activating group) is 1. The third-order valence-electron chi connectivity index (χ3n) is 1.94. The van der Waals surface area contributed by atoms with Gasteiger partial charge in [0.25, 0.3) is 0 Å². The van der Waals surface area contributed by atoms with Crippen molar-refractivity contribution < 1.29 is 48.8 Å². The number of halogens is 6. The van der Waals surface area contributed by atoms with Gasteiger partial charge in [0, 0.05) is 0 Å². The third-order valence-corrected chi connectivity index (χ3v) is 3.01. The van der Waals surface area contributed by atoms with E-state index >= 15 is 0 Å². The first-order chi connectivity index (χ1) is 9.46. The van der Waals surface area contributed by atoms with Crippen molar-refractivity contribution in [2.75, 3.05) is 34.3 Å². The summed E-state index contributed by atoms with van der Waals surface area (Å²) in [5.41, 5.74) is -5.96. The molecular formula is C9H15F6N2O4S+. The van der Waals surface area contributed by atoms with E-state index in [2.05, 4.69) is 21.1 Å². The summed E-state index contributed by atoms with van der Waals surface area (Å²) >= 11 is 0. The van der Waals surface area contributed by atoms with Crippen LogP contribution < -0.4 is 4.72 Å². The molecule has 1 amide bonds. The molecule has 0 aromatic carbocycles. The quantitative estimate of drug-likeness (QED) is 0.454. The molecule has 1 unspecified atom stereocenters. The van der Waals surface area contributed by atoms with Gasteiger partial charge in [-0.3, -0.25) is 4.79 Å². The summed E-state index contributed by atoms with van der Waals surface area (Å²) in [6.45, 7) is 2.13. The van der Waals surface area contributed by atoms with Crippen molar-refractivity contribution in [3.63, 3.8) is 0 Å². The van der Waals surface area contributed by atoms with Crippen molar-refractivity contribution in [3.05, 3.63) is 0 Å². The van der Waals surface area contributed by atoms with E-state index in [1.165, 1.54) is 0 Å². The fourth-order valence-electron chi connectivity index (χ4n) is 1.02. The lowest BCUT2D eigenvalue weighted by molar-refractivity contribution is -0.870. The van der Waals surface area contributed by atoms with Crippen molar-refractivity contribution in [2.24, 2.45) is 0 Å². The minimum Gasteiger partial charge on any atom is -0.367 e. The Morgan fingerprint density at radius 2 is 1.59 bits per heavy atom. The highest BCUT2D eigenvalue weighted by atomic mass is 32.2. The number of hydrogen-bond donors (Lipinski definition) is 1. The highest BCUT2D eigenvalue weighted by Gasteiger charge is 2.51. The smallest absolute Gasteiger partial charge is 0.367 e. The van der Waals surface area contributed by atoms with Crippen LogP contribution in [-0.2, 0) is 19.6 Å². The monoisotopic (exact) mass is 361 g/mol. The van der Waals surface area contributed by atoms with Crippen LogP contribution in [0.3, 0.4) is 0 Å². The fourth-order valence-corrected chi connectivity index (χ4v) is 1.50. The van der Waals surface area contributed by atoms with Crippen LogP contribution in [0.4, 0.5) is 26.3 Å². The molecule has 0 radical (unpaired) electrons. The van der Waals surface area contributed by atoms with Gasteiger partial charge < -0.3 is 9.22 Å². The van der Waals surface area contributed by atoms with Gasteiger partial charge in [-0.2, -0.15) is 34.8 Å². The minimum absolute atomic E-state index is 0.181. The second-order valence-corrected chi connectivity index (χ2v) is 6.98. The summed E-state index contributed by atoms with van der Waals surface area (Å²) in [7, 11) is 0.247. The number of alkyl halides is 6. The largest absolute Gasteiger partial charge is 0.516 e. The van der Waals surface area contributed by atoms with Crippen molar-refractivity contribution in [1.82, 2.24) is 4.72 Å². The maximum absolute atomic E-state index is 11.4. The molecule has 13 heteroatoms. The van der Waals surface area contributed by atoms with Gasteiger partial charge in [-0.15, -0.1) is 0 Å². The van der Waals surface area contributed by atoms with Gasteiger partial charge >= 0.3 is 27.6 Å². The molecule has 1 aliphatic heterocycles. The number of epoxide rings is 1. The molecule has 0 bridgehead atoms. The molecule has 0 aromatic rings. The number of ether oxygens (including phenoxy) is 1. The van der Waals surface area contributed by atoms with Crippen LogP contribution in [-0.4, -0.2) is 70.9 Å². The average Bonchev–Trinajstić information content (AvgIpc) is 2.95. The van der Waals surface area contributed by atoms with Gasteiger partial charge in [0.15, 0.2) is 0 Å². The molecule has 1 heterocycles. The maximum atomic E-state index is 11.4. The van der Waals surface area contributed by atoms with E-state index in [-0.39, 0.29) is 4.72 Å². The van der Waals surface area contributed by atoms with Crippen LogP contribution in [0.5, 0.6) is 0 Å². The van der Waals surface area contributed by atoms with Crippen molar-refractivity contribution in [1.29, 1.82) is 0 Å². The molecule has 22 heavy (non-hydrogen) atoms. The van der Waals surface area contributed by atoms with E-state index in [1.807, 2.05) is 0 Å². The van der Waals surface area contributed by atoms with E-state index in [0.29, 0.717) is 6.10 Å². The molecule has 1 atom stereocenters. The molecule has 1 saturated heterocycles. The number of carbonyl (C=O) groups excluding carboxylic acids is 1. The number of carbonyl (C=O) groups is 1. The Morgan fingerprint density at radius 3 is 1.77 bits per heavy atom. The zero-order chi connectivity index (χ0) is 18.0. The van der Waals surface area contributed by atoms with E-state index in [0.717, 1.165) is 17.6 Å². The Balaban J connectivity index is 0.000000461. The van der Waals surface area contributed by atoms with Crippen LogP contribution in [0.2, 0.25) is 0 Å². The molecule has 0 aromatic heterocycles. The number of sulfonamides is 1. The highest BCUT2D eigenvalue weighted by Crippen LogP contribution is 2.23. The standard InChI is InChI=1S/C6H14NO.C3HF6NO3S/c1-7(2,3)4-6-5-8-6;4-2(5,6)1(11)10-14(12,13)3(7,8)9/h6H,4-5H2,1-3H3;(H,10,11)/q+1;. The molecule has 0 aliphatic carbocycles. The Labute approximate surface area is 122 Å². The molecule has 1 fully saturated rings. The van der Waals surface area contributed by atoms with Crippen molar-refractivity contribution in [2.45, 2.75) is 17.8 Å². The zero-order valence-electron chi connectivity index (χ0n) is 11.7. The molecule has 0 saturated carbocycles. The van der Waals surface area contributed by atoms with Crippen LogP contribution in [0, 0.1) is 0 Å². The van der Waals surface area contributed by atoms with Crippen molar-refractivity contribution in [3.8, 4) is 0 Å². The first-order valence-corrected chi connectivity index (χ1v) is 7.06. The summed E-state index contributed by atoms with van der Waals surface area (Å²) in [5, 5.41) is 0. The van der Waals surface area contributed by atoms with Crippen LogP contribution >= 0.6 is 0 Å². The summed E-state index contributed by atoms with van der Waals surface area (Å²) < 4.78 is 94.0. The molecule has 1 N–H and O–H groups in total. The fraction of sp³-hybridized carbons (Fsp3) is 0.889. The van der Waals surface area contributed by atoms with Gasteiger partial charge in [-0.05, 0) is 0 Å². The lowest BCUT2D eigenvalue weighted by Crippen LogP contribution is -2.46. The molecular weight excluding hydrogens is 346 g/mol. The first-order valence-electron chi connectivity index (χ1n) is 5.58. The van der Waals surface area contributed by atoms with Gasteiger partial charge in [0.1, 0.15) is 12.6 Å². The second kappa shape index (κ2) is 6.58. The van der Waals surface area contributed by atoms with Gasteiger partial charge in [-0.1, -0.05) is 0 Å². The van der Waals surface area contributed by atoms with E-state index in [9.17, 15) is 39.6 Å². The first kappa shape index (κ1) is 20.9. The molecule has 6 nitrogen and oxygen atoms in total. The lowest BCUT2D eigenvalue weighted by atomic mass is 10.4. The summed E-state index contributed by atoms with van der Waals surface area (Å²) in [6, 6.07) is 0. The van der Waals surface area contributed by atoms with E-state index < -0.39 is 27.6 Å². The van der Waals surface area contributed by atoms with Gasteiger partial charge in [-0.25, -0.2) is 4.72 Å². The number of nitrogens with one attached hydrogen (secondary N) is 1. The Bertz CT molecular complexity index is 490. The van der Waals surface area contributed by atoms with Crippen molar-refractivity contribution >= 4 is 15.9 Å². The zero-order valence-corrected chi connectivity index (χ0v) is 12.6. The molecule has 132 valence electrons. The van der Waals surface area contributed by atoms with Gasteiger partial charge in [0.2, 0.25) is 0 Å². The Hall–Kier alpha value is -1.08. The normalized spacial score (nSPS) is 19.0. The van der Waals surface area contributed by atoms with Crippen LogP contribution in [0.15, 0.2) is 0 Å². The number of amides is 1.